The first-order valence-electron chi connectivity index (χ1n) is 7.94. The van der Waals surface area contributed by atoms with Crippen molar-refractivity contribution < 1.29 is 4.79 Å². The first-order chi connectivity index (χ1) is 9.03. The predicted molar refractivity (Wildman–Crippen MR) is 76.6 cm³/mol. The second-order valence-electron chi connectivity index (χ2n) is 7.85. The van der Waals surface area contributed by atoms with Gasteiger partial charge in [-0.2, -0.15) is 0 Å². The van der Waals surface area contributed by atoms with Crippen molar-refractivity contribution in [2.75, 3.05) is 0 Å². The number of carbonyl (C=O) groups excluding carboxylic acids is 1. The molecule has 0 bridgehead atoms. The highest BCUT2D eigenvalue weighted by Crippen LogP contribution is 2.64. The molecule has 1 heteroatoms. The summed E-state index contributed by atoms with van der Waals surface area (Å²) in [6.45, 7) is 4.83. The van der Waals surface area contributed by atoms with Crippen LogP contribution < -0.4 is 0 Å². The summed E-state index contributed by atoms with van der Waals surface area (Å²) in [6.07, 6.45) is 14.0. The molecule has 3 saturated carbocycles. The van der Waals surface area contributed by atoms with Crippen LogP contribution in [0.5, 0.6) is 0 Å². The maximum atomic E-state index is 12.0. The lowest BCUT2D eigenvalue weighted by molar-refractivity contribution is -0.118. The molecule has 5 atom stereocenters. The normalized spacial score (nSPS) is 51.6. The van der Waals surface area contributed by atoms with Gasteiger partial charge in [-0.25, -0.2) is 0 Å². The SMILES string of the molecule is CC12C=CC=C1C1CCC3CC(=O)CC3(C)C1CC2. The van der Waals surface area contributed by atoms with E-state index in [0.717, 1.165) is 24.7 Å². The van der Waals surface area contributed by atoms with E-state index in [2.05, 4.69) is 32.1 Å². The molecular formula is C18H24O. The largest absolute Gasteiger partial charge is 0.300 e. The minimum Gasteiger partial charge on any atom is -0.300 e. The Morgan fingerprint density at radius 3 is 2.89 bits per heavy atom. The van der Waals surface area contributed by atoms with Crippen LogP contribution in [-0.2, 0) is 4.79 Å². The van der Waals surface area contributed by atoms with Crippen LogP contribution in [0, 0.1) is 28.6 Å². The highest BCUT2D eigenvalue weighted by atomic mass is 16.1. The van der Waals surface area contributed by atoms with Gasteiger partial charge in [-0.1, -0.05) is 37.6 Å². The number of rotatable bonds is 0. The molecule has 0 spiro atoms. The summed E-state index contributed by atoms with van der Waals surface area (Å²) in [5.41, 5.74) is 2.33. The van der Waals surface area contributed by atoms with E-state index in [4.69, 9.17) is 0 Å². The van der Waals surface area contributed by atoms with Crippen LogP contribution in [0.2, 0.25) is 0 Å². The van der Waals surface area contributed by atoms with Gasteiger partial charge in [0.1, 0.15) is 5.78 Å². The van der Waals surface area contributed by atoms with E-state index in [1.807, 2.05) is 0 Å². The van der Waals surface area contributed by atoms with E-state index in [1.165, 1.54) is 25.7 Å². The fourth-order valence-corrected chi connectivity index (χ4v) is 5.84. The van der Waals surface area contributed by atoms with Crippen molar-refractivity contribution >= 4 is 5.78 Å². The molecule has 0 radical (unpaired) electrons. The van der Waals surface area contributed by atoms with Crippen molar-refractivity contribution in [2.45, 2.75) is 52.4 Å². The summed E-state index contributed by atoms with van der Waals surface area (Å²) in [4.78, 5) is 12.0. The van der Waals surface area contributed by atoms with Crippen LogP contribution in [0.1, 0.15) is 52.4 Å². The minimum atomic E-state index is 0.310. The highest BCUT2D eigenvalue weighted by molar-refractivity contribution is 5.82. The van der Waals surface area contributed by atoms with E-state index >= 15 is 0 Å². The molecule has 0 heterocycles. The minimum absolute atomic E-state index is 0.310. The number of fused-ring (bicyclic) bond motifs is 5. The number of hydrogen-bond acceptors (Lipinski definition) is 1. The van der Waals surface area contributed by atoms with Crippen LogP contribution in [0.25, 0.3) is 0 Å². The van der Waals surface area contributed by atoms with Gasteiger partial charge in [0.25, 0.3) is 0 Å². The van der Waals surface area contributed by atoms with Gasteiger partial charge in [0, 0.05) is 18.3 Å². The van der Waals surface area contributed by atoms with Crippen LogP contribution in [0.3, 0.4) is 0 Å². The second-order valence-corrected chi connectivity index (χ2v) is 7.85. The summed E-state index contributed by atoms with van der Waals surface area (Å²) in [5, 5.41) is 0. The van der Waals surface area contributed by atoms with Crippen LogP contribution in [0.4, 0.5) is 0 Å². The van der Waals surface area contributed by atoms with Crippen molar-refractivity contribution in [3.05, 3.63) is 23.8 Å². The summed E-state index contributed by atoms with van der Waals surface area (Å²) in [7, 11) is 0. The third-order valence-electron chi connectivity index (χ3n) is 6.92. The third-order valence-corrected chi connectivity index (χ3v) is 6.92. The monoisotopic (exact) mass is 256 g/mol. The van der Waals surface area contributed by atoms with Crippen molar-refractivity contribution in [3.63, 3.8) is 0 Å². The Hall–Kier alpha value is -0.850. The molecule has 102 valence electrons. The van der Waals surface area contributed by atoms with Gasteiger partial charge in [-0.05, 0) is 48.9 Å². The maximum absolute atomic E-state index is 12.0. The van der Waals surface area contributed by atoms with E-state index in [0.29, 0.717) is 22.5 Å². The molecule has 5 unspecified atom stereocenters. The fourth-order valence-electron chi connectivity index (χ4n) is 5.84. The first kappa shape index (κ1) is 11.9. The van der Waals surface area contributed by atoms with E-state index in [-0.39, 0.29) is 0 Å². The lowest BCUT2D eigenvalue weighted by Gasteiger charge is -2.54. The summed E-state index contributed by atoms with van der Waals surface area (Å²) in [5.74, 6) is 2.72. The molecule has 4 aliphatic carbocycles. The molecule has 0 saturated heterocycles. The van der Waals surface area contributed by atoms with Crippen molar-refractivity contribution in [1.29, 1.82) is 0 Å². The average Bonchev–Trinajstić information content (AvgIpc) is 2.87. The summed E-state index contributed by atoms with van der Waals surface area (Å²) < 4.78 is 0. The Kier molecular flexibility index (Phi) is 2.27. The highest BCUT2D eigenvalue weighted by Gasteiger charge is 2.56. The lowest BCUT2D eigenvalue weighted by atomic mass is 9.50. The molecule has 0 amide bonds. The molecule has 0 aromatic heterocycles. The van der Waals surface area contributed by atoms with Gasteiger partial charge in [0.2, 0.25) is 0 Å². The Bertz CT molecular complexity index is 500. The number of carbonyl (C=O) groups is 1. The summed E-state index contributed by atoms with van der Waals surface area (Å²) in [6, 6.07) is 0. The summed E-state index contributed by atoms with van der Waals surface area (Å²) >= 11 is 0. The molecule has 1 nitrogen and oxygen atoms in total. The zero-order chi connectivity index (χ0) is 13.3. The fraction of sp³-hybridized carbons (Fsp3) is 0.722. The number of hydrogen-bond donors (Lipinski definition) is 0. The van der Waals surface area contributed by atoms with Gasteiger partial charge < -0.3 is 0 Å². The zero-order valence-electron chi connectivity index (χ0n) is 12.1. The van der Waals surface area contributed by atoms with Gasteiger partial charge in [-0.15, -0.1) is 0 Å². The Morgan fingerprint density at radius 1 is 1.21 bits per heavy atom. The topological polar surface area (TPSA) is 17.1 Å². The van der Waals surface area contributed by atoms with E-state index < -0.39 is 0 Å². The number of Topliss-reactive ketones (excluding diaryl/α,β-unsaturated/α-hetero) is 1. The van der Waals surface area contributed by atoms with E-state index in [1.54, 1.807) is 5.57 Å². The van der Waals surface area contributed by atoms with E-state index in [9.17, 15) is 4.79 Å². The van der Waals surface area contributed by atoms with Crippen molar-refractivity contribution in [2.24, 2.45) is 28.6 Å². The van der Waals surface area contributed by atoms with Gasteiger partial charge in [-0.3, -0.25) is 4.79 Å². The van der Waals surface area contributed by atoms with Crippen LogP contribution in [0.15, 0.2) is 23.8 Å². The van der Waals surface area contributed by atoms with Gasteiger partial charge in [0.05, 0.1) is 0 Å². The zero-order valence-corrected chi connectivity index (χ0v) is 12.1. The van der Waals surface area contributed by atoms with Gasteiger partial charge in [0.15, 0.2) is 0 Å². The average molecular weight is 256 g/mol. The van der Waals surface area contributed by atoms with Crippen molar-refractivity contribution in [1.82, 2.24) is 0 Å². The molecule has 4 rings (SSSR count). The first-order valence-corrected chi connectivity index (χ1v) is 7.94. The quantitative estimate of drug-likeness (QED) is 0.631. The molecule has 3 fully saturated rings. The number of ketones is 1. The van der Waals surface area contributed by atoms with Crippen LogP contribution >= 0.6 is 0 Å². The molecule has 0 N–H and O–H groups in total. The molecule has 0 aromatic carbocycles. The Balaban J connectivity index is 1.72. The molecule has 19 heavy (non-hydrogen) atoms. The standard InChI is InChI=1S/C18H24O/c1-17-8-3-4-15(17)14-6-5-12-10-13(19)11-18(12,2)16(14)7-9-17/h3-4,8,12,14,16H,5-7,9-11H2,1-2H3. The molecule has 0 aromatic rings. The van der Waals surface area contributed by atoms with Crippen LogP contribution in [-0.4, -0.2) is 5.78 Å². The van der Waals surface area contributed by atoms with Gasteiger partial charge >= 0.3 is 0 Å². The third kappa shape index (κ3) is 1.45. The number of allylic oxidation sites excluding steroid dienone is 4. The molecular weight excluding hydrogens is 232 g/mol. The Morgan fingerprint density at radius 2 is 2.05 bits per heavy atom. The molecule has 4 aliphatic rings. The lowest BCUT2D eigenvalue weighted by Crippen LogP contribution is -2.46. The van der Waals surface area contributed by atoms with Crippen molar-refractivity contribution in [3.8, 4) is 0 Å². The Labute approximate surface area is 116 Å². The smallest absolute Gasteiger partial charge is 0.133 e. The maximum Gasteiger partial charge on any atom is 0.133 e. The predicted octanol–water partition coefficient (Wildman–Crippen LogP) is 4.29. The second kappa shape index (κ2) is 3.62. The molecule has 0 aliphatic heterocycles.